The summed E-state index contributed by atoms with van der Waals surface area (Å²) in [6.45, 7) is 6.81. The first kappa shape index (κ1) is 18.0. The molecule has 1 rings (SSSR count). The Morgan fingerprint density at radius 2 is 2.11 bits per heavy atom. The monoisotopic (exact) mass is 400 g/mol. The van der Waals surface area contributed by atoms with Gasteiger partial charge in [-0.2, -0.15) is 0 Å². The highest BCUT2D eigenvalue weighted by Gasteiger charge is 1.96. The van der Waals surface area contributed by atoms with Gasteiger partial charge in [-0.25, -0.2) is 4.98 Å². The summed E-state index contributed by atoms with van der Waals surface area (Å²) in [6, 6.07) is 0. The molecule has 0 saturated heterocycles. The topological polar surface area (TPSA) is 49.3 Å². The van der Waals surface area contributed by atoms with Gasteiger partial charge in [0.2, 0.25) is 0 Å². The summed E-state index contributed by atoms with van der Waals surface area (Å²) in [5, 5.41) is 8.43. The lowest BCUT2D eigenvalue weighted by molar-refractivity contribution is 0.829. The molecule has 0 atom stereocenters. The van der Waals surface area contributed by atoms with Gasteiger partial charge < -0.3 is 10.6 Å². The van der Waals surface area contributed by atoms with Crippen LogP contribution in [0.25, 0.3) is 0 Å². The van der Waals surface area contributed by atoms with Crippen molar-refractivity contribution in [3.8, 4) is 0 Å². The SMILES string of the molecule is CCNC(=NCCCSc1nccs1)NCC.I. The first-order valence-corrected chi connectivity index (χ1v) is 7.77. The van der Waals surface area contributed by atoms with Crippen LogP contribution in [0.15, 0.2) is 20.9 Å². The molecular weight excluding hydrogens is 379 g/mol. The highest BCUT2D eigenvalue weighted by molar-refractivity contribution is 14.0. The fraction of sp³-hybridized carbons (Fsp3) is 0.636. The molecule has 0 radical (unpaired) electrons. The van der Waals surface area contributed by atoms with E-state index in [2.05, 4.69) is 34.5 Å². The Morgan fingerprint density at radius 1 is 1.39 bits per heavy atom. The van der Waals surface area contributed by atoms with E-state index in [-0.39, 0.29) is 24.0 Å². The molecule has 0 bridgehead atoms. The van der Waals surface area contributed by atoms with Crippen LogP contribution in [0.3, 0.4) is 0 Å². The molecule has 18 heavy (non-hydrogen) atoms. The van der Waals surface area contributed by atoms with Crippen molar-refractivity contribution in [1.29, 1.82) is 0 Å². The van der Waals surface area contributed by atoms with Crippen LogP contribution in [-0.2, 0) is 0 Å². The molecule has 2 N–H and O–H groups in total. The number of halogens is 1. The van der Waals surface area contributed by atoms with Crippen molar-refractivity contribution >= 4 is 53.0 Å². The van der Waals surface area contributed by atoms with E-state index in [9.17, 15) is 0 Å². The average Bonchev–Trinajstić information content (AvgIpc) is 2.82. The van der Waals surface area contributed by atoms with Crippen LogP contribution in [-0.4, -0.2) is 36.3 Å². The Balaban J connectivity index is 0.00000289. The van der Waals surface area contributed by atoms with Crippen molar-refractivity contribution in [2.75, 3.05) is 25.4 Å². The quantitative estimate of drug-likeness (QED) is 0.243. The number of nitrogens with zero attached hydrogens (tertiary/aromatic N) is 2. The molecule has 0 unspecified atom stereocenters. The van der Waals surface area contributed by atoms with Gasteiger partial charge in [0.05, 0.1) is 0 Å². The molecule has 0 fully saturated rings. The first-order valence-electron chi connectivity index (χ1n) is 5.91. The number of nitrogens with one attached hydrogen (secondary N) is 2. The lowest BCUT2D eigenvalue weighted by atomic mass is 10.5. The number of thioether (sulfide) groups is 1. The summed E-state index contributed by atoms with van der Waals surface area (Å²) < 4.78 is 1.15. The normalized spacial score (nSPS) is 9.44. The molecule has 7 heteroatoms. The lowest BCUT2D eigenvalue weighted by Crippen LogP contribution is -2.37. The van der Waals surface area contributed by atoms with E-state index in [1.54, 1.807) is 23.1 Å². The van der Waals surface area contributed by atoms with Crippen LogP contribution in [0.4, 0.5) is 0 Å². The van der Waals surface area contributed by atoms with Gasteiger partial charge >= 0.3 is 0 Å². The third kappa shape index (κ3) is 8.15. The highest BCUT2D eigenvalue weighted by atomic mass is 127. The van der Waals surface area contributed by atoms with Crippen molar-refractivity contribution < 1.29 is 0 Å². The molecule has 1 aromatic rings. The maximum absolute atomic E-state index is 4.49. The minimum absolute atomic E-state index is 0. The van der Waals surface area contributed by atoms with E-state index in [1.165, 1.54) is 0 Å². The Kier molecular flexibility index (Phi) is 12.0. The molecule has 0 aliphatic heterocycles. The fourth-order valence-electron chi connectivity index (χ4n) is 1.21. The summed E-state index contributed by atoms with van der Waals surface area (Å²) in [7, 11) is 0. The van der Waals surface area contributed by atoms with Crippen LogP contribution < -0.4 is 10.6 Å². The molecule has 104 valence electrons. The third-order valence-electron chi connectivity index (χ3n) is 1.90. The molecule has 0 saturated carbocycles. The van der Waals surface area contributed by atoms with E-state index < -0.39 is 0 Å². The van der Waals surface area contributed by atoms with Crippen LogP contribution in [0.2, 0.25) is 0 Å². The highest BCUT2D eigenvalue weighted by Crippen LogP contribution is 2.20. The van der Waals surface area contributed by atoms with Crippen LogP contribution >= 0.6 is 47.1 Å². The number of thiazole rings is 1. The lowest BCUT2D eigenvalue weighted by Gasteiger charge is -2.08. The van der Waals surface area contributed by atoms with Gasteiger partial charge in [0.15, 0.2) is 5.96 Å². The Hall–Kier alpha value is -0.0200. The third-order valence-corrected chi connectivity index (χ3v) is 3.95. The van der Waals surface area contributed by atoms with Crippen LogP contribution in [0, 0.1) is 0 Å². The van der Waals surface area contributed by atoms with Gasteiger partial charge in [-0.1, -0.05) is 11.8 Å². The molecule has 0 spiro atoms. The molecule has 1 aromatic heterocycles. The Bertz CT molecular complexity index is 309. The van der Waals surface area contributed by atoms with E-state index in [0.29, 0.717) is 0 Å². The second-order valence-electron chi connectivity index (χ2n) is 3.29. The number of hydrogen-bond acceptors (Lipinski definition) is 4. The standard InChI is InChI=1S/C11H20N4S2.HI/c1-3-12-10(13-4-2)14-6-5-8-16-11-15-7-9-17-11;/h7,9H,3-6,8H2,1-2H3,(H2,12,13,14);1H. The van der Waals surface area contributed by atoms with Gasteiger partial charge in [-0.15, -0.1) is 35.3 Å². The molecule has 1 heterocycles. The number of rotatable bonds is 7. The second kappa shape index (κ2) is 12.0. The number of aliphatic imine (C=N–C) groups is 1. The smallest absolute Gasteiger partial charge is 0.191 e. The summed E-state index contributed by atoms with van der Waals surface area (Å²) in [5.74, 6) is 1.98. The van der Waals surface area contributed by atoms with Gasteiger partial charge in [0.1, 0.15) is 4.34 Å². The Morgan fingerprint density at radius 3 is 2.67 bits per heavy atom. The van der Waals surface area contributed by atoms with Crippen molar-refractivity contribution in [2.24, 2.45) is 4.99 Å². The van der Waals surface area contributed by atoms with Crippen LogP contribution in [0.1, 0.15) is 20.3 Å². The zero-order valence-electron chi connectivity index (χ0n) is 10.8. The number of guanidine groups is 1. The molecule has 4 nitrogen and oxygen atoms in total. The van der Waals surface area contributed by atoms with Gasteiger partial charge in [-0.3, -0.25) is 4.99 Å². The number of hydrogen-bond donors (Lipinski definition) is 2. The van der Waals surface area contributed by atoms with E-state index in [0.717, 1.165) is 42.1 Å². The summed E-state index contributed by atoms with van der Waals surface area (Å²) in [5.41, 5.74) is 0. The van der Waals surface area contributed by atoms with Gasteiger partial charge in [0, 0.05) is 37.0 Å². The fourth-order valence-corrected chi connectivity index (χ4v) is 2.84. The maximum atomic E-state index is 4.49. The largest absolute Gasteiger partial charge is 0.357 e. The minimum atomic E-state index is 0. The van der Waals surface area contributed by atoms with Crippen molar-refractivity contribution in [2.45, 2.75) is 24.6 Å². The zero-order valence-corrected chi connectivity index (χ0v) is 14.8. The van der Waals surface area contributed by atoms with Crippen molar-refractivity contribution in [1.82, 2.24) is 15.6 Å². The Labute approximate surface area is 134 Å². The molecule has 0 aromatic carbocycles. The molecule has 0 aliphatic carbocycles. The molecular formula is C11H21IN4S2. The van der Waals surface area contributed by atoms with Crippen molar-refractivity contribution in [3.05, 3.63) is 11.6 Å². The summed E-state index contributed by atoms with van der Waals surface area (Å²) in [4.78, 5) is 8.71. The average molecular weight is 400 g/mol. The first-order chi connectivity index (χ1) is 8.36. The summed E-state index contributed by atoms with van der Waals surface area (Å²) in [6.07, 6.45) is 2.92. The molecule has 0 aliphatic rings. The van der Waals surface area contributed by atoms with Crippen molar-refractivity contribution in [3.63, 3.8) is 0 Å². The zero-order chi connectivity index (χ0) is 12.3. The number of aromatic nitrogens is 1. The van der Waals surface area contributed by atoms with E-state index in [4.69, 9.17) is 0 Å². The maximum Gasteiger partial charge on any atom is 0.191 e. The van der Waals surface area contributed by atoms with E-state index in [1.807, 2.05) is 11.6 Å². The second-order valence-corrected chi connectivity index (χ2v) is 5.53. The summed E-state index contributed by atoms with van der Waals surface area (Å²) >= 11 is 3.50. The molecule has 0 amide bonds. The van der Waals surface area contributed by atoms with Gasteiger partial charge in [-0.05, 0) is 20.3 Å². The van der Waals surface area contributed by atoms with E-state index >= 15 is 0 Å². The van der Waals surface area contributed by atoms with Crippen LogP contribution in [0.5, 0.6) is 0 Å². The predicted octanol–water partition coefficient (Wildman–Crippen LogP) is 2.82. The minimum Gasteiger partial charge on any atom is -0.357 e. The predicted molar refractivity (Wildman–Crippen MR) is 92.5 cm³/mol. The van der Waals surface area contributed by atoms with Gasteiger partial charge in [0.25, 0.3) is 0 Å².